The van der Waals surface area contributed by atoms with Crippen molar-refractivity contribution in [3.05, 3.63) is 29.8 Å². The summed E-state index contributed by atoms with van der Waals surface area (Å²) < 4.78 is 0. The summed E-state index contributed by atoms with van der Waals surface area (Å²) in [6.45, 7) is 4.57. The van der Waals surface area contributed by atoms with Crippen LogP contribution in [0.1, 0.15) is 31.2 Å². The normalized spacial score (nSPS) is 25.8. The smallest absolute Gasteiger partial charge is 0.115 e. The fourth-order valence-electron chi connectivity index (χ4n) is 3.54. The molecule has 0 amide bonds. The third kappa shape index (κ3) is 3.28. The van der Waals surface area contributed by atoms with Crippen LogP contribution >= 0.6 is 0 Å². The van der Waals surface area contributed by atoms with E-state index in [0.717, 1.165) is 18.5 Å². The van der Waals surface area contributed by atoms with Gasteiger partial charge < -0.3 is 10.4 Å². The summed E-state index contributed by atoms with van der Waals surface area (Å²) in [6, 6.07) is 8.43. The summed E-state index contributed by atoms with van der Waals surface area (Å²) in [5.41, 5.74) is 1.22. The van der Waals surface area contributed by atoms with Crippen LogP contribution in [0.3, 0.4) is 0 Å². The lowest BCUT2D eigenvalue weighted by molar-refractivity contribution is 0.157. The lowest BCUT2D eigenvalue weighted by atomic mass is 9.88. The van der Waals surface area contributed by atoms with Crippen molar-refractivity contribution < 1.29 is 5.11 Å². The van der Waals surface area contributed by atoms with Crippen molar-refractivity contribution in [2.75, 3.05) is 19.6 Å². The molecule has 1 atom stereocenters. The molecule has 0 aromatic heterocycles. The van der Waals surface area contributed by atoms with Gasteiger partial charge in [-0.15, -0.1) is 0 Å². The van der Waals surface area contributed by atoms with Crippen LogP contribution in [-0.4, -0.2) is 35.7 Å². The fourth-order valence-corrected chi connectivity index (χ4v) is 3.54. The topological polar surface area (TPSA) is 35.5 Å². The average Bonchev–Trinajstić information content (AvgIpc) is 2.94. The second-order valence-electron chi connectivity index (χ2n) is 5.99. The van der Waals surface area contributed by atoms with Gasteiger partial charge in [-0.05, 0) is 68.9 Å². The largest absolute Gasteiger partial charge is 0.508 e. The van der Waals surface area contributed by atoms with Gasteiger partial charge in [0, 0.05) is 12.6 Å². The zero-order valence-electron chi connectivity index (χ0n) is 11.5. The van der Waals surface area contributed by atoms with E-state index >= 15 is 0 Å². The van der Waals surface area contributed by atoms with E-state index in [0.29, 0.717) is 5.75 Å². The van der Waals surface area contributed by atoms with Gasteiger partial charge in [0.05, 0.1) is 0 Å². The highest BCUT2D eigenvalue weighted by Gasteiger charge is 2.28. The number of hydrogen-bond acceptors (Lipinski definition) is 3. The Bertz CT molecular complexity index is 407. The quantitative estimate of drug-likeness (QED) is 0.876. The molecule has 1 aromatic rings. The maximum atomic E-state index is 9.50. The van der Waals surface area contributed by atoms with E-state index in [-0.39, 0.29) is 0 Å². The molecule has 3 nitrogen and oxygen atoms in total. The van der Waals surface area contributed by atoms with Crippen LogP contribution in [0.5, 0.6) is 5.75 Å². The first-order valence-electron chi connectivity index (χ1n) is 7.55. The molecule has 1 unspecified atom stereocenters. The van der Waals surface area contributed by atoms with Crippen LogP contribution in [0.4, 0.5) is 0 Å². The van der Waals surface area contributed by atoms with Crippen molar-refractivity contribution >= 4 is 0 Å². The highest BCUT2D eigenvalue weighted by molar-refractivity contribution is 5.27. The zero-order valence-corrected chi connectivity index (χ0v) is 11.5. The van der Waals surface area contributed by atoms with Gasteiger partial charge in [-0.1, -0.05) is 12.1 Å². The molecule has 0 saturated carbocycles. The second-order valence-corrected chi connectivity index (χ2v) is 5.99. The fraction of sp³-hybridized carbons (Fsp3) is 0.625. The number of phenolic OH excluding ortho intramolecular Hbond substituents is 1. The molecule has 2 aliphatic heterocycles. The highest BCUT2D eigenvalue weighted by Crippen LogP contribution is 2.26. The maximum Gasteiger partial charge on any atom is 0.115 e. The van der Waals surface area contributed by atoms with Gasteiger partial charge in [0.15, 0.2) is 0 Å². The van der Waals surface area contributed by atoms with Crippen molar-refractivity contribution in [1.29, 1.82) is 0 Å². The van der Waals surface area contributed by atoms with Gasteiger partial charge in [0.1, 0.15) is 5.75 Å². The molecule has 0 aliphatic carbocycles. The van der Waals surface area contributed by atoms with Crippen LogP contribution in [0.25, 0.3) is 0 Å². The van der Waals surface area contributed by atoms with Gasteiger partial charge >= 0.3 is 0 Å². The van der Waals surface area contributed by atoms with Gasteiger partial charge in [0.2, 0.25) is 0 Å². The van der Waals surface area contributed by atoms with Crippen LogP contribution in [0, 0.1) is 5.92 Å². The summed E-state index contributed by atoms with van der Waals surface area (Å²) in [6.07, 6.45) is 5.36. The summed E-state index contributed by atoms with van der Waals surface area (Å²) in [5, 5.41) is 13.1. The zero-order chi connectivity index (χ0) is 13.1. The van der Waals surface area contributed by atoms with Crippen molar-refractivity contribution in [1.82, 2.24) is 10.2 Å². The summed E-state index contributed by atoms with van der Waals surface area (Å²) in [7, 11) is 0. The van der Waals surface area contributed by atoms with Crippen LogP contribution < -0.4 is 5.32 Å². The lowest BCUT2D eigenvalue weighted by Crippen LogP contribution is -2.40. The van der Waals surface area contributed by atoms with Crippen molar-refractivity contribution in [2.24, 2.45) is 5.92 Å². The van der Waals surface area contributed by atoms with Crippen LogP contribution in [-0.2, 0) is 6.54 Å². The standard InChI is InChI=1S/C16H24N2O/c19-15-4-1-3-13(11-15)12-18-9-6-14(7-10-18)16-5-2-8-17-16/h1,3-4,11,14,16-17,19H,2,5-10,12H2. The van der Waals surface area contributed by atoms with E-state index in [2.05, 4.69) is 16.3 Å². The molecule has 19 heavy (non-hydrogen) atoms. The Morgan fingerprint density at radius 1 is 1.21 bits per heavy atom. The number of aromatic hydroxyl groups is 1. The number of hydrogen-bond donors (Lipinski definition) is 2. The molecule has 0 bridgehead atoms. The molecule has 2 heterocycles. The van der Waals surface area contributed by atoms with E-state index in [1.807, 2.05) is 12.1 Å². The van der Waals surface area contributed by atoms with Gasteiger partial charge in [0.25, 0.3) is 0 Å². The SMILES string of the molecule is Oc1cccc(CN2CCC(C3CCCN3)CC2)c1. The van der Waals surface area contributed by atoms with E-state index in [1.165, 1.54) is 50.9 Å². The number of phenols is 1. The van der Waals surface area contributed by atoms with Crippen molar-refractivity contribution in [2.45, 2.75) is 38.3 Å². The highest BCUT2D eigenvalue weighted by atomic mass is 16.3. The molecule has 0 radical (unpaired) electrons. The van der Waals surface area contributed by atoms with E-state index in [1.54, 1.807) is 6.07 Å². The Kier molecular flexibility index (Phi) is 4.04. The Balaban J connectivity index is 1.50. The number of piperidine rings is 1. The number of nitrogens with one attached hydrogen (secondary N) is 1. The summed E-state index contributed by atoms with van der Waals surface area (Å²) >= 11 is 0. The van der Waals surface area contributed by atoms with E-state index in [4.69, 9.17) is 0 Å². The minimum atomic E-state index is 0.377. The molecule has 1 aromatic carbocycles. The third-order valence-corrected chi connectivity index (χ3v) is 4.62. The average molecular weight is 260 g/mol. The third-order valence-electron chi connectivity index (χ3n) is 4.62. The van der Waals surface area contributed by atoms with Crippen molar-refractivity contribution in [3.8, 4) is 5.75 Å². The van der Waals surface area contributed by atoms with Gasteiger partial charge in [-0.25, -0.2) is 0 Å². The first-order valence-corrected chi connectivity index (χ1v) is 7.55. The molecule has 3 heteroatoms. The molecular formula is C16H24N2O. The second kappa shape index (κ2) is 5.93. The first kappa shape index (κ1) is 12.9. The number of benzene rings is 1. The maximum absolute atomic E-state index is 9.50. The van der Waals surface area contributed by atoms with Crippen LogP contribution in [0.2, 0.25) is 0 Å². The number of rotatable bonds is 3. The predicted octanol–water partition coefficient (Wildman–Crippen LogP) is 2.36. The Hall–Kier alpha value is -1.06. The minimum Gasteiger partial charge on any atom is -0.508 e. The Morgan fingerprint density at radius 2 is 2.05 bits per heavy atom. The molecule has 2 saturated heterocycles. The Labute approximate surface area is 115 Å². The molecule has 104 valence electrons. The monoisotopic (exact) mass is 260 g/mol. The van der Waals surface area contributed by atoms with Crippen molar-refractivity contribution in [3.63, 3.8) is 0 Å². The van der Waals surface area contributed by atoms with Gasteiger partial charge in [-0.2, -0.15) is 0 Å². The van der Waals surface area contributed by atoms with Crippen LogP contribution in [0.15, 0.2) is 24.3 Å². The summed E-state index contributed by atoms with van der Waals surface area (Å²) in [4.78, 5) is 2.51. The minimum absolute atomic E-state index is 0.377. The first-order chi connectivity index (χ1) is 9.31. The van der Waals surface area contributed by atoms with Gasteiger partial charge in [-0.3, -0.25) is 4.90 Å². The molecular weight excluding hydrogens is 236 g/mol. The molecule has 2 N–H and O–H groups in total. The molecule has 0 spiro atoms. The summed E-state index contributed by atoms with van der Waals surface area (Å²) in [5.74, 6) is 1.26. The number of likely N-dealkylation sites (tertiary alicyclic amines) is 1. The van der Waals surface area contributed by atoms with E-state index < -0.39 is 0 Å². The number of nitrogens with zero attached hydrogens (tertiary/aromatic N) is 1. The lowest BCUT2D eigenvalue weighted by Gasteiger charge is -2.34. The molecule has 2 fully saturated rings. The molecule has 2 aliphatic rings. The molecule has 3 rings (SSSR count). The predicted molar refractivity (Wildman–Crippen MR) is 77.1 cm³/mol. The Morgan fingerprint density at radius 3 is 2.74 bits per heavy atom. The van der Waals surface area contributed by atoms with E-state index in [9.17, 15) is 5.11 Å².